The zero-order valence-electron chi connectivity index (χ0n) is 9.10. The quantitative estimate of drug-likeness (QED) is 0.899. The third kappa shape index (κ3) is 3.14. The fourth-order valence-corrected chi connectivity index (χ4v) is 2.28. The number of nitrogens with zero attached hydrogens (tertiary/aromatic N) is 2. The summed E-state index contributed by atoms with van der Waals surface area (Å²) in [5.41, 5.74) is 0.998. The first-order valence-electron chi connectivity index (χ1n) is 5.05. The maximum atomic E-state index is 11.0. The Morgan fingerprint density at radius 1 is 1.33 bits per heavy atom. The van der Waals surface area contributed by atoms with E-state index in [0.29, 0.717) is 16.7 Å². The molecule has 4 nitrogen and oxygen atoms in total. The standard InChI is InChI=1S/C12H8Br2N2O2/c13-8-3-1-2-7(4-8)5-10-15-6-9(14)11(16-10)12(17)18/h1-4,6H,5H2,(H,17,18). The fourth-order valence-electron chi connectivity index (χ4n) is 1.47. The van der Waals surface area contributed by atoms with Crippen molar-refractivity contribution in [2.45, 2.75) is 6.42 Å². The van der Waals surface area contributed by atoms with Crippen LogP contribution in [0.5, 0.6) is 0 Å². The van der Waals surface area contributed by atoms with Crippen molar-refractivity contribution in [1.29, 1.82) is 0 Å². The van der Waals surface area contributed by atoms with Crippen molar-refractivity contribution < 1.29 is 9.90 Å². The first kappa shape index (κ1) is 13.2. The number of hydrogen-bond donors (Lipinski definition) is 1. The van der Waals surface area contributed by atoms with Crippen LogP contribution in [-0.2, 0) is 6.42 Å². The van der Waals surface area contributed by atoms with Crippen LogP contribution < -0.4 is 0 Å². The highest BCUT2D eigenvalue weighted by Crippen LogP contribution is 2.16. The van der Waals surface area contributed by atoms with Crippen molar-refractivity contribution in [3.8, 4) is 0 Å². The van der Waals surface area contributed by atoms with Gasteiger partial charge in [-0.3, -0.25) is 0 Å². The molecule has 92 valence electrons. The van der Waals surface area contributed by atoms with Crippen molar-refractivity contribution in [1.82, 2.24) is 9.97 Å². The smallest absolute Gasteiger partial charge is 0.355 e. The van der Waals surface area contributed by atoms with Gasteiger partial charge in [-0.2, -0.15) is 0 Å². The summed E-state index contributed by atoms with van der Waals surface area (Å²) in [6.45, 7) is 0. The van der Waals surface area contributed by atoms with E-state index in [1.807, 2.05) is 24.3 Å². The molecule has 0 spiro atoms. The zero-order valence-corrected chi connectivity index (χ0v) is 12.3. The maximum Gasteiger partial charge on any atom is 0.355 e. The molecule has 6 heteroatoms. The molecule has 2 aromatic rings. The number of aromatic nitrogens is 2. The molecule has 1 aromatic heterocycles. The number of rotatable bonds is 3. The van der Waals surface area contributed by atoms with Gasteiger partial charge in [0.05, 0.1) is 4.47 Å². The molecule has 0 amide bonds. The number of carbonyl (C=O) groups is 1. The molecule has 0 radical (unpaired) electrons. The Morgan fingerprint density at radius 3 is 2.78 bits per heavy atom. The molecule has 0 saturated carbocycles. The number of hydrogen-bond acceptors (Lipinski definition) is 3. The summed E-state index contributed by atoms with van der Waals surface area (Å²) in [5, 5.41) is 8.97. The predicted molar refractivity (Wildman–Crippen MR) is 73.6 cm³/mol. The van der Waals surface area contributed by atoms with Gasteiger partial charge in [-0.25, -0.2) is 14.8 Å². The van der Waals surface area contributed by atoms with Gasteiger partial charge in [-0.1, -0.05) is 28.1 Å². The van der Waals surface area contributed by atoms with Gasteiger partial charge in [0.2, 0.25) is 0 Å². The monoisotopic (exact) mass is 370 g/mol. The second-order valence-electron chi connectivity index (χ2n) is 3.59. The molecule has 0 atom stereocenters. The van der Waals surface area contributed by atoms with E-state index in [-0.39, 0.29) is 5.69 Å². The molecule has 2 rings (SSSR count). The third-order valence-electron chi connectivity index (χ3n) is 2.25. The Kier molecular flexibility index (Phi) is 4.08. The molecule has 0 aliphatic rings. The lowest BCUT2D eigenvalue weighted by Gasteiger charge is -2.03. The molecule has 0 fully saturated rings. The minimum absolute atomic E-state index is 0.0185. The van der Waals surface area contributed by atoms with Gasteiger partial charge in [0, 0.05) is 17.1 Å². The van der Waals surface area contributed by atoms with Crippen LogP contribution in [0.15, 0.2) is 39.4 Å². The number of aromatic carboxylic acids is 1. The van der Waals surface area contributed by atoms with E-state index in [1.165, 1.54) is 6.20 Å². The lowest BCUT2D eigenvalue weighted by molar-refractivity contribution is 0.0688. The Hall–Kier alpha value is -1.27. The van der Waals surface area contributed by atoms with Gasteiger partial charge in [0.1, 0.15) is 5.82 Å². The first-order valence-corrected chi connectivity index (χ1v) is 6.64. The SMILES string of the molecule is O=C(O)c1nc(Cc2cccc(Br)c2)ncc1Br. The zero-order chi connectivity index (χ0) is 13.1. The largest absolute Gasteiger partial charge is 0.476 e. The molecule has 1 N–H and O–H groups in total. The Balaban J connectivity index is 2.30. The molecule has 18 heavy (non-hydrogen) atoms. The summed E-state index contributed by atoms with van der Waals surface area (Å²) in [7, 11) is 0. The van der Waals surface area contributed by atoms with Crippen molar-refractivity contribution in [3.63, 3.8) is 0 Å². The average Bonchev–Trinajstić information content (AvgIpc) is 2.31. The van der Waals surface area contributed by atoms with Crippen LogP contribution in [-0.4, -0.2) is 21.0 Å². The molecule has 1 aromatic carbocycles. The fraction of sp³-hybridized carbons (Fsp3) is 0.0833. The summed E-state index contributed by atoms with van der Waals surface area (Å²) in [4.78, 5) is 19.1. The van der Waals surface area contributed by atoms with E-state index in [9.17, 15) is 4.79 Å². The lowest BCUT2D eigenvalue weighted by atomic mass is 10.1. The van der Waals surface area contributed by atoms with E-state index >= 15 is 0 Å². The summed E-state index contributed by atoms with van der Waals surface area (Å²) < 4.78 is 1.35. The van der Waals surface area contributed by atoms with Gasteiger partial charge in [-0.05, 0) is 33.6 Å². The average molecular weight is 372 g/mol. The van der Waals surface area contributed by atoms with Gasteiger partial charge in [0.25, 0.3) is 0 Å². The Morgan fingerprint density at radius 2 is 2.11 bits per heavy atom. The molecule has 0 saturated heterocycles. The molecule has 1 heterocycles. The summed E-state index contributed by atoms with van der Waals surface area (Å²) in [5.74, 6) is -0.589. The third-order valence-corrected chi connectivity index (χ3v) is 3.32. The minimum Gasteiger partial charge on any atom is -0.476 e. The Labute approximate surface area is 120 Å². The van der Waals surface area contributed by atoms with Crippen LogP contribution in [0.25, 0.3) is 0 Å². The predicted octanol–water partition coefficient (Wildman–Crippen LogP) is 3.29. The molecule has 0 aliphatic heterocycles. The number of carboxylic acid groups (broad SMARTS) is 1. The van der Waals surface area contributed by atoms with Gasteiger partial charge in [0.15, 0.2) is 5.69 Å². The van der Waals surface area contributed by atoms with Gasteiger partial charge < -0.3 is 5.11 Å². The molecule has 0 unspecified atom stereocenters. The van der Waals surface area contributed by atoms with Crippen molar-refractivity contribution >= 4 is 37.8 Å². The highest BCUT2D eigenvalue weighted by molar-refractivity contribution is 9.10. The molecular weight excluding hydrogens is 364 g/mol. The van der Waals surface area contributed by atoms with Gasteiger partial charge in [-0.15, -0.1) is 0 Å². The lowest BCUT2D eigenvalue weighted by Crippen LogP contribution is -2.06. The number of benzene rings is 1. The highest BCUT2D eigenvalue weighted by Gasteiger charge is 2.12. The molecule has 0 aliphatic carbocycles. The topological polar surface area (TPSA) is 63.1 Å². The van der Waals surface area contributed by atoms with Crippen molar-refractivity contribution in [2.24, 2.45) is 0 Å². The number of carboxylic acids is 1. The minimum atomic E-state index is -1.07. The van der Waals surface area contributed by atoms with Crippen LogP contribution in [0, 0.1) is 0 Å². The van der Waals surface area contributed by atoms with Gasteiger partial charge >= 0.3 is 5.97 Å². The van der Waals surface area contributed by atoms with Crippen LogP contribution >= 0.6 is 31.9 Å². The second kappa shape index (κ2) is 5.58. The Bertz CT molecular complexity index is 602. The van der Waals surface area contributed by atoms with Crippen LogP contribution in [0.1, 0.15) is 21.9 Å². The van der Waals surface area contributed by atoms with E-state index in [2.05, 4.69) is 41.8 Å². The van der Waals surface area contributed by atoms with Crippen molar-refractivity contribution in [2.75, 3.05) is 0 Å². The first-order chi connectivity index (χ1) is 8.56. The van der Waals surface area contributed by atoms with Crippen LogP contribution in [0.3, 0.4) is 0 Å². The summed E-state index contributed by atoms with van der Waals surface area (Å²) in [6, 6.07) is 7.73. The number of halogens is 2. The normalized spacial score (nSPS) is 10.3. The van der Waals surface area contributed by atoms with E-state index in [4.69, 9.17) is 5.11 Å². The highest BCUT2D eigenvalue weighted by atomic mass is 79.9. The van der Waals surface area contributed by atoms with E-state index < -0.39 is 5.97 Å². The molecule has 0 bridgehead atoms. The summed E-state index contributed by atoms with van der Waals surface area (Å²) >= 11 is 6.50. The van der Waals surface area contributed by atoms with E-state index in [0.717, 1.165) is 10.0 Å². The van der Waals surface area contributed by atoms with Crippen LogP contribution in [0.4, 0.5) is 0 Å². The van der Waals surface area contributed by atoms with Crippen LogP contribution in [0.2, 0.25) is 0 Å². The maximum absolute atomic E-state index is 11.0. The van der Waals surface area contributed by atoms with Crippen molar-refractivity contribution in [3.05, 3.63) is 56.5 Å². The molecular formula is C12H8Br2N2O2. The van der Waals surface area contributed by atoms with E-state index in [1.54, 1.807) is 0 Å². The second-order valence-corrected chi connectivity index (χ2v) is 5.36. The summed E-state index contributed by atoms with van der Waals surface area (Å²) in [6.07, 6.45) is 1.96.